The van der Waals surface area contributed by atoms with Crippen LogP contribution in [0.4, 0.5) is 0 Å². The summed E-state index contributed by atoms with van der Waals surface area (Å²) >= 11 is 0. The fourth-order valence-electron chi connectivity index (χ4n) is 0.536. The van der Waals surface area contributed by atoms with Crippen molar-refractivity contribution in [1.82, 2.24) is 0 Å². The maximum Gasteiger partial charge on any atom is 0.335 e. The minimum Gasteiger partial charge on any atom is -0.478 e. The number of aliphatic carboxylic acids is 1. The molecular formula is C8H12O2. The largest absolute Gasteiger partial charge is 0.478 e. The Balaban J connectivity index is 4.12. The zero-order chi connectivity index (χ0) is 7.98. The smallest absolute Gasteiger partial charge is 0.335 e. The van der Waals surface area contributed by atoms with Crippen molar-refractivity contribution in [3.63, 3.8) is 0 Å². The Morgan fingerprint density at radius 3 is 2.50 bits per heavy atom. The summed E-state index contributed by atoms with van der Waals surface area (Å²) in [4.78, 5) is 10.3. The normalized spacial score (nSPS) is 12.4. The fourth-order valence-corrected chi connectivity index (χ4v) is 0.536. The van der Waals surface area contributed by atoms with Crippen molar-refractivity contribution in [3.8, 4) is 0 Å². The molecule has 0 saturated heterocycles. The molecule has 0 aliphatic rings. The van der Waals surface area contributed by atoms with Gasteiger partial charge in [0.05, 0.1) is 5.57 Å². The molecule has 2 heteroatoms. The molecule has 1 N–H and O–H groups in total. The van der Waals surface area contributed by atoms with Crippen LogP contribution in [-0.4, -0.2) is 11.1 Å². The van der Waals surface area contributed by atoms with E-state index in [1.165, 1.54) is 0 Å². The SMILES string of the molecule is CC=C(C=CCC)C(=O)O. The van der Waals surface area contributed by atoms with Crippen LogP contribution in [0.25, 0.3) is 0 Å². The van der Waals surface area contributed by atoms with Gasteiger partial charge in [0, 0.05) is 0 Å². The van der Waals surface area contributed by atoms with E-state index in [-0.39, 0.29) is 0 Å². The lowest BCUT2D eigenvalue weighted by molar-refractivity contribution is -0.132. The Hall–Kier alpha value is -1.05. The van der Waals surface area contributed by atoms with Crippen molar-refractivity contribution in [3.05, 3.63) is 23.8 Å². The van der Waals surface area contributed by atoms with Gasteiger partial charge in [0.2, 0.25) is 0 Å². The summed E-state index contributed by atoms with van der Waals surface area (Å²) in [7, 11) is 0. The second-order valence-electron chi connectivity index (χ2n) is 1.86. The molecule has 10 heavy (non-hydrogen) atoms. The third kappa shape index (κ3) is 3.07. The lowest BCUT2D eigenvalue weighted by Crippen LogP contribution is -1.96. The van der Waals surface area contributed by atoms with Crippen LogP contribution in [0, 0.1) is 0 Å². The Morgan fingerprint density at radius 2 is 2.20 bits per heavy atom. The Labute approximate surface area is 60.9 Å². The van der Waals surface area contributed by atoms with E-state index in [9.17, 15) is 4.79 Å². The molecule has 0 aromatic carbocycles. The molecule has 0 atom stereocenters. The van der Waals surface area contributed by atoms with Crippen molar-refractivity contribution in [2.45, 2.75) is 20.3 Å². The predicted octanol–water partition coefficient (Wildman–Crippen LogP) is 1.98. The summed E-state index contributed by atoms with van der Waals surface area (Å²) in [5, 5.41) is 8.48. The van der Waals surface area contributed by atoms with Crippen molar-refractivity contribution >= 4 is 5.97 Å². The first kappa shape index (κ1) is 8.95. The molecule has 0 saturated carbocycles. The first-order chi connectivity index (χ1) is 4.72. The molecule has 0 aromatic heterocycles. The summed E-state index contributed by atoms with van der Waals surface area (Å²) in [6, 6.07) is 0. The minimum absolute atomic E-state index is 0.349. The third-order valence-electron chi connectivity index (χ3n) is 1.09. The van der Waals surface area contributed by atoms with Gasteiger partial charge in [-0.1, -0.05) is 25.2 Å². The summed E-state index contributed by atoms with van der Waals surface area (Å²) in [6.07, 6.45) is 5.88. The molecule has 0 spiro atoms. The van der Waals surface area contributed by atoms with E-state index in [1.807, 2.05) is 13.0 Å². The second-order valence-corrected chi connectivity index (χ2v) is 1.86. The number of carbonyl (C=O) groups is 1. The number of rotatable bonds is 3. The standard InChI is InChI=1S/C8H12O2/c1-3-5-6-7(4-2)8(9)10/h4-6H,3H2,1-2H3,(H,9,10). The van der Waals surface area contributed by atoms with Gasteiger partial charge in [-0.15, -0.1) is 0 Å². The van der Waals surface area contributed by atoms with E-state index in [4.69, 9.17) is 5.11 Å². The number of carboxylic acid groups (broad SMARTS) is 1. The first-order valence-corrected chi connectivity index (χ1v) is 3.28. The second kappa shape index (κ2) is 4.79. The average Bonchev–Trinajstić information content (AvgIpc) is 1.89. The van der Waals surface area contributed by atoms with Crippen LogP contribution >= 0.6 is 0 Å². The van der Waals surface area contributed by atoms with Gasteiger partial charge in [0.15, 0.2) is 0 Å². The van der Waals surface area contributed by atoms with Crippen LogP contribution in [0.1, 0.15) is 20.3 Å². The van der Waals surface area contributed by atoms with Gasteiger partial charge in [-0.25, -0.2) is 4.79 Å². The van der Waals surface area contributed by atoms with Crippen molar-refractivity contribution in [2.75, 3.05) is 0 Å². The lowest BCUT2D eigenvalue weighted by atomic mass is 10.2. The van der Waals surface area contributed by atoms with E-state index in [0.717, 1.165) is 6.42 Å². The van der Waals surface area contributed by atoms with Gasteiger partial charge in [0.1, 0.15) is 0 Å². The molecule has 0 fully saturated rings. The number of carboxylic acids is 1. The Bertz CT molecular complexity index is 166. The van der Waals surface area contributed by atoms with Crippen LogP contribution in [0.5, 0.6) is 0 Å². The van der Waals surface area contributed by atoms with Crippen molar-refractivity contribution < 1.29 is 9.90 Å². The van der Waals surface area contributed by atoms with Gasteiger partial charge in [-0.2, -0.15) is 0 Å². The van der Waals surface area contributed by atoms with Crippen LogP contribution in [0.15, 0.2) is 23.8 Å². The highest BCUT2D eigenvalue weighted by molar-refractivity contribution is 5.89. The molecule has 0 unspecified atom stereocenters. The molecule has 56 valence electrons. The van der Waals surface area contributed by atoms with E-state index in [2.05, 4.69) is 0 Å². The zero-order valence-electron chi connectivity index (χ0n) is 6.29. The molecule has 0 radical (unpaired) electrons. The van der Waals surface area contributed by atoms with Gasteiger partial charge < -0.3 is 5.11 Å². The van der Waals surface area contributed by atoms with Crippen LogP contribution in [0.3, 0.4) is 0 Å². The van der Waals surface area contributed by atoms with E-state index >= 15 is 0 Å². The van der Waals surface area contributed by atoms with Crippen LogP contribution < -0.4 is 0 Å². The van der Waals surface area contributed by atoms with Gasteiger partial charge in [-0.05, 0) is 13.3 Å². The van der Waals surface area contributed by atoms with Crippen LogP contribution in [-0.2, 0) is 4.79 Å². The molecular weight excluding hydrogens is 128 g/mol. The third-order valence-corrected chi connectivity index (χ3v) is 1.09. The molecule has 0 heterocycles. The summed E-state index contributed by atoms with van der Waals surface area (Å²) in [5.41, 5.74) is 0.349. The topological polar surface area (TPSA) is 37.3 Å². The number of hydrogen-bond acceptors (Lipinski definition) is 1. The quantitative estimate of drug-likeness (QED) is 0.480. The molecule has 0 rings (SSSR count). The van der Waals surface area contributed by atoms with E-state index < -0.39 is 5.97 Å². The van der Waals surface area contributed by atoms with Crippen molar-refractivity contribution in [1.29, 1.82) is 0 Å². The monoisotopic (exact) mass is 140 g/mol. The molecule has 0 bridgehead atoms. The number of hydrogen-bond donors (Lipinski definition) is 1. The maximum atomic E-state index is 10.3. The molecule has 0 aliphatic carbocycles. The first-order valence-electron chi connectivity index (χ1n) is 3.28. The van der Waals surface area contributed by atoms with E-state index in [1.54, 1.807) is 19.1 Å². The predicted molar refractivity (Wildman–Crippen MR) is 40.8 cm³/mol. The summed E-state index contributed by atoms with van der Waals surface area (Å²) in [6.45, 7) is 3.68. The highest BCUT2D eigenvalue weighted by atomic mass is 16.4. The van der Waals surface area contributed by atoms with E-state index in [0.29, 0.717) is 5.57 Å². The lowest BCUT2D eigenvalue weighted by Gasteiger charge is -1.89. The fraction of sp³-hybridized carbons (Fsp3) is 0.375. The minimum atomic E-state index is -0.868. The molecule has 0 aromatic rings. The Morgan fingerprint density at radius 1 is 1.60 bits per heavy atom. The molecule has 0 aliphatic heterocycles. The highest BCUT2D eigenvalue weighted by Crippen LogP contribution is 1.96. The summed E-state index contributed by atoms with van der Waals surface area (Å²) in [5.74, 6) is -0.868. The zero-order valence-corrected chi connectivity index (χ0v) is 6.29. The molecule has 0 amide bonds. The van der Waals surface area contributed by atoms with Gasteiger partial charge >= 0.3 is 5.97 Å². The molecule has 2 nitrogen and oxygen atoms in total. The summed E-state index contributed by atoms with van der Waals surface area (Å²) < 4.78 is 0. The van der Waals surface area contributed by atoms with Crippen LogP contribution in [0.2, 0.25) is 0 Å². The maximum absolute atomic E-state index is 10.3. The highest BCUT2D eigenvalue weighted by Gasteiger charge is 1.98. The number of allylic oxidation sites excluding steroid dienone is 2. The Kier molecular flexibility index (Phi) is 4.29. The van der Waals surface area contributed by atoms with Crippen molar-refractivity contribution in [2.24, 2.45) is 0 Å². The van der Waals surface area contributed by atoms with Gasteiger partial charge in [-0.3, -0.25) is 0 Å². The van der Waals surface area contributed by atoms with Gasteiger partial charge in [0.25, 0.3) is 0 Å². The average molecular weight is 140 g/mol.